The molecular weight excluding hydrogens is 412 g/mol. The highest BCUT2D eigenvalue weighted by Gasteiger charge is 2.26. The normalized spacial score (nSPS) is 17.8. The minimum atomic E-state index is -3.64. The highest BCUT2D eigenvalue weighted by atomic mass is 35.5. The summed E-state index contributed by atoms with van der Waals surface area (Å²) in [4.78, 5) is 2.34. The Kier molecular flexibility index (Phi) is 5.94. The number of hydrogen-bond donors (Lipinski definition) is 1. The van der Waals surface area contributed by atoms with Crippen molar-refractivity contribution in [1.29, 1.82) is 0 Å². The quantitative estimate of drug-likeness (QED) is 0.775. The molecule has 0 bridgehead atoms. The first-order chi connectivity index (χ1) is 14.0. The Hall–Kier alpha value is -1.90. The van der Waals surface area contributed by atoms with E-state index in [4.69, 9.17) is 16.3 Å². The maximum Gasteiger partial charge on any atom is 0.240 e. The number of aromatic nitrogens is 2. The fourth-order valence-electron chi connectivity index (χ4n) is 3.96. The SMILES string of the molecule is COc1ccc(S(=O)(=O)NC2CCN(c3cc4c(nn3)CCCC4)CC2)cc1Cl. The number of sulfonamides is 1. The van der Waals surface area contributed by atoms with Crippen LogP contribution in [0, 0.1) is 0 Å². The molecule has 156 valence electrons. The number of ether oxygens (including phenoxy) is 1. The van der Waals surface area contributed by atoms with Crippen LogP contribution in [0.5, 0.6) is 5.75 Å². The van der Waals surface area contributed by atoms with Gasteiger partial charge in [-0.3, -0.25) is 0 Å². The van der Waals surface area contributed by atoms with Gasteiger partial charge in [0.15, 0.2) is 5.82 Å². The first-order valence-corrected chi connectivity index (χ1v) is 11.8. The molecule has 1 aliphatic heterocycles. The summed E-state index contributed by atoms with van der Waals surface area (Å²) in [5, 5.41) is 9.08. The van der Waals surface area contributed by atoms with Crippen molar-refractivity contribution in [3.05, 3.63) is 40.5 Å². The third kappa shape index (κ3) is 4.49. The van der Waals surface area contributed by atoms with E-state index >= 15 is 0 Å². The third-order valence-corrected chi connectivity index (χ3v) is 7.44. The molecule has 7 nitrogen and oxygen atoms in total. The maximum atomic E-state index is 12.7. The number of halogens is 1. The number of piperidine rings is 1. The molecule has 2 aliphatic rings. The molecule has 0 amide bonds. The topological polar surface area (TPSA) is 84.4 Å². The van der Waals surface area contributed by atoms with E-state index in [1.807, 2.05) is 0 Å². The van der Waals surface area contributed by atoms with E-state index in [-0.39, 0.29) is 16.0 Å². The van der Waals surface area contributed by atoms with Gasteiger partial charge in [0.2, 0.25) is 10.0 Å². The molecule has 1 fully saturated rings. The summed E-state index contributed by atoms with van der Waals surface area (Å²) in [6, 6.07) is 6.52. The van der Waals surface area contributed by atoms with Crippen molar-refractivity contribution in [2.45, 2.75) is 49.5 Å². The van der Waals surface area contributed by atoms with E-state index in [0.717, 1.165) is 37.4 Å². The molecule has 1 aromatic carbocycles. The lowest BCUT2D eigenvalue weighted by Crippen LogP contribution is -2.45. The fraction of sp³-hybridized carbons (Fsp3) is 0.500. The summed E-state index contributed by atoms with van der Waals surface area (Å²) >= 11 is 6.08. The molecule has 0 radical (unpaired) electrons. The number of benzene rings is 1. The van der Waals surface area contributed by atoms with E-state index < -0.39 is 10.0 Å². The van der Waals surface area contributed by atoms with Crippen molar-refractivity contribution in [3.63, 3.8) is 0 Å². The van der Waals surface area contributed by atoms with Crippen molar-refractivity contribution in [2.75, 3.05) is 25.1 Å². The van der Waals surface area contributed by atoms with Crippen LogP contribution < -0.4 is 14.4 Å². The molecule has 0 unspecified atom stereocenters. The molecular formula is C20H25ClN4O3S. The number of nitrogens with one attached hydrogen (secondary N) is 1. The Labute approximate surface area is 176 Å². The second kappa shape index (κ2) is 8.45. The number of anilines is 1. The molecule has 1 aliphatic carbocycles. The van der Waals surface area contributed by atoms with Gasteiger partial charge in [-0.2, -0.15) is 5.10 Å². The Morgan fingerprint density at radius 2 is 1.90 bits per heavy atom. The Bertz CT molecular complexity index is 991. The van der Waals surface area contributed by atoms with Crippen molar-refractivity contribution < 1.29 is 13.2 Å². The zero-order chi connectivity index (χ0) is 20.4. The van der Waals surface area contributed by atoms with Gasteiger partial charge in [-0.05, 0) is 68.4 Å². The van der Waals surface area contributed by atoms with E-state index in [0.29, 0.717) is 18.6 Å². The Morgan fingerprint density at radius 1 is 1.14 bits per heavy atom. The van der Waals surface area contributed by atoms with Crippen LogP contribution in [0.4, 0.5) is 5.82 Å². The monoisotopic (exact) mass is 436 g/mol. The van der Waals surface area contributed by atoms with Gasteiger partial charge in [0, 0.05) is 19.1 Å². The predicted molar refractivity (Wildman–Crippen MR) is 112 cm³/mol. The number of rotatable bonds is 5. The Morgan fingerprint density at radius 3 is 2.62 bits per heavy atom. The molecule has 1 saturated heterocycles. The average Bonchev–Trinajstić information content (AvgIpc) is 2.73. The first kappa shape index (κ1) is 20.4. The third-order valence-electron chi connectivity index (χ3n) is 5.63. The van der Waals surface area contributed by atoms with Crippen LogP contribution in [-0.2, 0) is 22.9 Å². The molecule has 0 saturated carbocycles. The van der Waals surface area contributed by atoms with Crippen molar-refractivity contribution in [1.82, 2.24) is 14.9 Å². The molecule has 1 aromatic heterocycles. The van der Waals surface area contributed by atoms with Crippen molar-refractivity contribution in [3.8, 4) is 5.75 Å². The van der Waals surface area contributed by atoms with Gasteiger partial charge < -0.3 is 9.64 Å². The molecule has 4 rings (SSSR count). The van der Waals surface area contributed by atoms with Gasteiger partial charge in [0.1, 0.15) is 5.75 Å². The summed E-state index contributed by atoms with van der Waals surface area (Å²) in [7, 11) is -2.14. The van der Waals surface area contributed by atoms with Crippen LogP contribution in [0.3, 0.4) is 0 Å². The van der Waals surface area contributed by atoms with Crippen LogP contribution in [0.25, 0.3) is 0 Å². The minimum Gasteiger partial charge on any atom is -0.495 e. The number of fused-ring (bicyclic) bond motifs is 1. The zero-order valence-corrected chi connectivity index (χ0v) is 18.0. The summed E-state index contributed by atoms with van der Waals surface area (Å²) in [6.45, 7) is 1.48. The second-order valence-electron chi connectivity index (χ2n) is 7.56. The number of nitrogens with zero attached hydrogens (tertiary/aromatic N) is 3. The van der Waals surface area contributed by atoms with E-state index in [1.54, 1.807) is 6.07 Å². The standard InChI is InChI=1S/C20H25ClN4O3S/c1-28-19-7-6-16(13-17(19)21)29(26,27)24-15-8-10-25(11-9-15)20-12-14-4-2-3-5-18(14)22-23-20/h6-7,12-13,15,24H,2-5,8-11H2,1H3. The van der Waals surface area contributed by atoms with E-state index in [1.165, 1.54) is 37.6 Å². The van der Waals surface area contributed by atoms with Crippen LogP contribution >= 0.6 is 11.6 Å². The summed E-state index contributed by atoms with van der Waals surface area (Å²) in [5.41, 5.74) is 2.43. The average molecular weight is 437 g/mol. The van der Waals surface area contributed by atoms with Crippen LogP contribution in [0.2, 0.25) is 5.02 Å². The number of hydrogen-bond acceptors (Lipinski definition) is 6. The number of aryl methyl sites for hydroxylation is 2. The highest BCUT2D eigenvalue weighted by molar-refractivity contribution is 7.89. The number of methoxy groups -OCH3 is 1. The summed E-state index contributed by atoms with van der Waals surface area (Å²) in [5.74, 6) is 1.35. The van der Waals surface area contributed by atoms with Gasteiger partial charge in [-0.15, -0.1) is 5.10 Å². The molecule has 0 spiro atoms. The van der Waals surface area contributed by atoms with Crippen LogP contribution in [0.1, 0.15) is 36.9 Å². The first-order valence-electron chi connectivity index (χ1n) is 9.92. The molecule has 29 heavy (non-hydrogen) atoms. The smallest absolute Gasteiger partial charge is 0.240 e. The molecule has 9 heteroatoms. The van der Waals surface area contributed by atoms with E-state index in [2.05, 4.69) is 25.9 Å². The van der Waals surface area contributed by atoms with Gasteiger partial charge in [0.05, 0.1) is 22.7 Å². The molecule has 1 N–H and O–H groups in total. The minimum absolute atomic E-state index is 0.122. The van der Waals surface area contributed by atoms with E-state index in [9.17, 15) is 8.42 Å². The molecule has 0 atom stereocenters. The largest absolute Gasteiger partial charge is 0.495 e. The predicted octanol–water partition coefficient (Wildman–Crippen LogP) is 2.96. The molecule has 2 aromatic rings. The van der Waals surface area contributed by atoms with Crippen LogP contribution in [0.15, 0.2) is 29.2 Å². The van der Waals surface area contributed by atoms with Crippen molar-refractivity contribution >= 4 is 27.4 Å². The van der Waals surface area contributed by atoms with Gasteiger partial charge in [0.25, 0.3) is 0 Å². The Balaban J connectivity index is 1.39. The summed E-state index contributed by atoms with van der Waals surface area (Å²) < 4.78 is 33.3. The van der Waals surface area contributed by atoms with Gasteiger partial charge in [-0.25, -0.2) is 13.1 Å². The molecule has 2 heterocycles. The lowest BCUT2D eigenvalue weighted by Gasteiger charge is -2.33. The van der Waals surface area contributed by atoms with Crippen LogP contribution in [-0.4, -0.2) is 44.9 Å². The van der Waals surface area contributed by atoms with Crippen molar-refractivity contribution in [2.24, 2.45) is 0 Å². The van der Waals surface area contributed by atoms with Gasteiger partial charge in [-0.1, -0.05) is 11.6 Å². The zero-order valence-electron chi connectivity index (χ0n) is 16.4. The lowest BCUT2D eigenvalue weighted by molar-refractivity contribution is 0.414. The lowest BCUT2D eigenvalue weighted by atomic mass is 9.96. The highest BCUT2D eigenvalue weighted by Crippen LogP contribution is 2.28. The fourth-order valence-corrected chi connectivity index (χ4v) is 5.61. The second-order valence-corrected chi connectivity index (χ2v) is 9.68. The summed E-state index contributed by atoms with van der Waals surface area (Å²) in [6.07, 6.45) is 5.90. The maximum absolute atomic E-state index is 12.7. The van der Waals surface area contributed by atoms with Gasteiger partial charge >= 0.3 is 0 Å².